The van der Waals surface area contributed by atoms with E-state index < -0.39 is 41.6 Å². The van der Waals surface area contributed by atoms with Crippen molar-refractivity contribution in [3.8, 4) is 0 Å². The molecule has 0 radical (unpaired) electrons. The van der Waals surface area contributed by atoms with Crippen molar-refractivity contribution < 1.29 is 35.9 Å². The Kier molecular flexibility index (Phi) is 5.14. The van der Waals surface area contributed by atoms with Gasteiger partial charge in [-0.25, -0.2) is 4.79 Å². The van der Waals surface area contributed by atoms with E-state index >= 15 is 0 Å². The molecule has 4 aromatic rings. The van der Waals surface area contributed by atoms with Gasteiger partial charge in [-0.2, -0.15) is 26.3 Å². The third-order valence-corrected chi connectivity index (χ3v) is 4.85. The van der Waals surface area contributed by atoms with Crippen LogP contribution in [0.2, 0.25) is 0 Å². The van der Waals surface area contributed by atoms with Gasteiger partial charge in [0.05, 0.1) is 27.6 Å². The average Bonchev–Trinajstić information content (AvgIpc) is 3.18. The normalized spacial score (nSPS) is 12.5. The highest BCUT2D eigenvalue weighted by Gasteiger charge is 2.37. The number of hydrogen-bond acceptors (Lipinski definition) is 5. The van der Waals surface area contributed by atoms with Gasteiger partial charge < -0.3 is 4.74 Å². The first-order valence-electron chi connectivity index (χ1n) is 9.16. The molecule has 0 saturated carbocycles. The van der Waals surface area contributed by atoms with Gasteiger partial charge in [0.2, 0.25) is 5.78 Å². The Morgan fingerprint density at radius 1 is 0.970 bits per heavy atom. The Bertz CT molecular complexity index is 1420. The first-order chi connectivity index (χ1) is 15.4. The Morgan fingerprint density at radius 2 is 1.58 bits per heavy atom. The van der Waals surface area contributed by atoms with Crippen LogP contribution in [0.1, 0.15) is 27.3 Å². The maximum atomic E-state index is 13.0. The summed E-state index contributed by atoms with van der Waals surface area (Å²) in [5, 5.41) is 8.00. The summed E-state index contributed by atoms with van der Waals surface area (Å²) >= 11 is 0. The van der Waals surface area contributed by atoms with Crippen molar-refractivity contribution in [1.29, 1.82) is 0 Å². The first-order valence-corrected chi connectivity index (χ1v) is 9.16. The van der Waals surface area contributed by atoms with Crippen molar-refractivity contribution in [2.24, 2.45) is 7.05 Å². The Morgan fingerprint density at radius 3 is 2.18 bits per heavy atom. The predicted molar refractivity (Wildman–Crippen MR) is 101 cm³/mol. The molecule has 4 rings (SSSR count). The number of para-hydroxylation sites is 1. The molecule has 2 aromatic heterocycles. The molecule has 0 aliphatic carbocycles. The summed E-state index contributed by atoms with van der Waals surface area (Å²) in [6.07, 6.45) is -10.2. The Labute approximate surface area is 179 Å². The van der Waals surface area contributed by atoms with E-state index in [2.05, 4.69) is 10.2 Å². The molecule has 0 bridgehead atoms. The van der Waals surface area contributed by atoms with E-state index in [0.717, 1.165) is 0 Å². The van der Waals surface area contributed by atoms with Gasteiger partial charge in [0.15, 0.2) is 12.4 Å². The lowest BCUT2D eigenvalue weighted by atomic mass is 10.0. The maximum Gasteiger partial charge on any atom is 0.416 e. The molecule has 0 saturated heterocycles. The van der Waals surface area contributed by atoms with Crippen molar-refractivity contribution in [2.75, 3.05) is 0 Å². The van der Waals surface area contributed by atoms with Crippen molar-refractivity contribution in [3.05, 3.63) is 75.3 Å². The minimum atomic E-state index is -5.11. The lowest BCUT2D eigenvalue weighted by Crippen LogP contribution is -2.20. The number of ether oxygens (including phenoxy) is 1. The van der Waals surface area contributed by atoms with Crippen LogP contribution < -0.4 is 5.56 Å². The standard InChI is InChI=1S/C20H12F6N4O3/c1-29-16(31)13-4-2-3-5-14(13)30-15(27-28-18(29)30)9-33-17(32)10-6-11(19(21,22)23)8-12(7-10)20(24,25)26/h2-8H,9H2,1H3. The SMILES string of the molecule is Cn1c(=O)c2ccccc2n2c(COC(=O)c3cc(C(F)(F)F)cc(C(F)(F)F)c3)nnc12. The largest absolute Gasteiger partial charge is 0.454 e. The quantitative estimate of drug-likeness (QED) is 0.335. The third-order valence-electron chi connectivity index (χ3n) is 4.85. The molecule has 2 heterocycles. The van der Waals surface area contributed by atoms with E-state index in [9.17, 15) is 35.9 Å². The summed E-state index contributed by atoms with van der Waals surface area (Å²) in [6.45, 7) is -0.625. The summed E-state index contributed by atoms with van der Waals surface area (Å²) in [4.78, 5) is 24.8. The first kappa shape index (κ1) is 22.3. The number of esters is 1. The van der Waals surface area contributed by atoms with Crippen LogP contribution >= 0.6 is 0 Å². The van der Waals surface area contributed by atoms with Crippen LogP contribution in [-0.2, 0) is 30.7 Å². The second-order valence-corrected chi connectivity index (χ2v) is 7.00. The zero-order valence-electron chi connectivity index (χ0n) is 16.5. The number of aryl methyl sites for hydroxylation is 1. The predicted octanol–water partition coefficient (Wildman–Crippen LogP) is 3.98. The number of nitrogens with zero attached hydrogens (tertiary/aromatic N) is 4. The molecule has 33 heavy (non-hydrogen) atoms. The zero-order chi connectivity index (χ0) is 24.1. The van der Waals surface area contributed by atoms with E-state index in [1.165, 1.54) is 16.0 Å². The number of fused-ring (bicyclic) bond motifs is 3. The molecule has 0 aliphatic heterocycles. The smallest absolute Gasteiger partial charge is 0.416 e. The maximum absolute atomic E-state index is 13.0. The average molecular weight is 470 g/mol. The monoisotopic (exact) mass is 470 g/mol. The van der Waals surface area contributed by atoms with E-state index in [1.54, 1.807) is 24.3 Å². The molecule has 172 valence electrons. The summed E-state index contributed by atoms with van der Waals surface area (Å²) in [7, 11) is 1.44. The number of carbonyl (C=O) groups excluding carboxylic acids is 1. The highest BCUT2D eigenvalue weighted by molar-refractivity contribution is 5.90. The number of aromatic nitrogens is 4. The van der Waals surface area contributed by atoms with Crippen molar-refractivity contribution in [3.63, 3.8) is 0 Å². The fourth-order valence-electron chi connectivity index (χ4n) is 3.27. The zero-order valence-corrected chi connectivity index (χ0v) is 16.5. The number of alkyl halides is 6. The van der Waals surface area contributed by atoms with Crippen molar-refractivity contribution in [1.82, 2.24) is 19.2 Å². The topological polar surface area (TPSA) is 78.5 Å². The van der Waals surface area contributed by atoms with Crippen LogP contribution in [0.5, 0.6) is 0 Å². The molecule has 13 heteroatoms. The van der Waals surface area contributed by atoms with Gasteiger partial charge >= 0.3 is 18.3 Å². The molecule has 0 N–H and O–H groups in total. The van der Waals surface area contributed by atoms with Gasteiger partial charge in [-0.05, 0) is 30.3 Å². The highest BCUT2D eigenvalue weighted by Crippen LogP contribution is 2.36. The summed E-state index contributed by atoms with van der Waals surface area (Å²) in [5.74, 6) is -1.31. The molecule has 2 aromatic carbocycles. The van der Waals surface area contributed by atoms with E-state index in [4.69, 9.17) is 4.74 Å². The molecule has 0 aliphatic rings. The molecule has 0 atom stereocenters. The van der Waals surface area contributed by atoms with Gasteiger partial charge in [0, 0.05) is 7.05 Å². The van der Waals surface area contributed by atoms with Crippen molar-refractivity contribution >= 4 is 22.6 Å². The molecule has 7 nitrogen and oxygen atoms in total. The molecular formula is C20H12F6N4O3. The van der Waals surface area contributed by atoms with Gasteiger partial charge in [-0.1, -0.05) is 12.1 Å². The molecular weight excluding hydrogens is 458 g/mol. The van der Waals surface area contributed by atoms with Gasteiger partial charge in [-0.3, -0.25) is 13.8 Å². The van der Waals surface area contributed by atoms with Crippen LogP contribution in [0.15, 0.2) is 47.3 Å². The summed E-state index contributed by atoms with van der Waals surface area (Å²) in [6, 6.07) is 6.87. The third kappa shape index (κ3) is 4.01. The minimum absolute atomic E-state index is 0.00757. The minimum Gasteiger partial charge on any atom is -0.454 e. The number of halogens is 6. The number of rotatable bonds is 3. The fourth-order valence-corrected chi connectivity index (χ4v) is 3.27. The lowest BCUT2D eigenvalue weighted by Gasteiger charge is -2.14. The molecule has 0 spiro atoms. The fraction of sp³-hybridized carbons (Fsp3) is 0.200. The van der Waals surface area contributed by atoms with E-state index in [0.29, 0.717) is 10.9 Å². The van der Waals surface area contributed by atoms with Gasteiger partial charge in [-0.15, -0.1) is 10.2 Å². The van der Waals surface area contributed by atoms with Crippen LogP contribution in [0, 0.1) is 0 Å². The van der Waals surface area contributed by atoms with Crippen LogP contribution in [0.4, 0.5) is 26.3 Å². The molecule has 0 fully saturated rings. The van der Waals surface area contributed by atoms with Crippen LogP contribution in [0.3, 0.4) is 0 Å². The second-order valence-electron chi connectivity index (χ2n) is 7.00. The molecule has 0 amide bonds. The number of benzene rings is 2. The van der Waals surface area contributed by atoms with Crippen LogP contribution in [0.25, 0.3) is 16.7 Å². The van der Waals surface area contributed by atoms with Crippen molar-refractivity contribution in [2.45, 2.75) is 19.0 Å². The van der Waals surface area contributed by atoms with E-state index in [-0.39, 0.29) is 35.4 Å². The van der Waals surface area contributed by atoms with Gasteiger partial charge in [0.1, 0.15) is 0 Å². The Balaban J connectivity index is 1.71. The van der Waals surface area contributed by atoms with Gasteiger partial charge in [0.25, 0.3) is 5.56 Å². The lowest BCUT2D eigenvalue weighted by molar-refractivity contribution is -0.143. The Hall–Kier alpha value is -3.90. The number of hydrogen-bond donors (Lipinski definition) is 0. The second kappa shape index (κ2) is 7.60. The highest BCUT2D eigenvalue weighted by atomic mass is 19.4. The van der Waals surface area contributed by atoms with Crippen LogP contribution in [-0.4, -0.2) is 25.1 Å². The number of carbonyl (C=O) groups is 1. The molecule has 0 unspecified atom stereocenters. The summed E-state index contributed by atoms with van der Waals surface area (Å²) < 4.78 is 85.7. The summed E-state index contributed by atoms with van der Waals surface area (Å²) in [5.41, 5.74) is -4.19. The van der Waals surface area contributed by atoms with E-state index in [1.807, 2.05) is 0 Å².